The summed E-state index contributed by atoms with van der Waals surface area (Å²) in [5, 5.41) is 0. The van der Waals surface area contributed by atoms with Gasteiger partial charge in [-0.05, 0) is 25.5 Å². The molecule has 1 aliphatic heterocycles. The fraction of sp³-hybridized carbons (Fsp3) is 0.409. The highest BCUT2D eigenvalue weighted by Gasteiger charge is 2.30. The number of aromatic nitrogens is 3. The maximum Gasteiger partial charge on any atom is 0.171 e. The van der Waals surface area contributed by atoms with Gasteiger partial charge in [0.05, 0.1) is 17.5 Å². The van der Waals surface area contributed by atoms with Gasteiger partial charge in [-0.1, -0.05) is 32.9 Å². The van der Waals surface area contributed by atoms with Gasteiger partial charge < -0.3 is 15.6 Å². The number of hydrogen-bond donors (Lipinski definition) is 2. The quantitative estimate of drug-likeness (QED) is 0.678. The van der Waals surface area contributed by atoms with Crippen molar-refractivity contribution in [3.05, 3.63) is 42.2 Å². The van der Waals surface area contributed by atoms with Gasteiger partial charge in [0.1, 0.15) is 5.52 Å². The first-order valence-electron chi connectivity index (χ1n) is 9.67. The fourth-order valence-electron chi connectivity index (χ4n) is 3.67. The van der Waals surface area contributed by atoms with E-state index in [9.17, 15) is 4.79 Å². The van der Waals surface area contributed by atoms with Crippen LogP contribution in [0.3, 0.4) is 0 Å². The Morgan fingerprint density at radius 1 is 1.32 bits per heavy atom. The number of carbonyl (C=O) groups is 1. The van der Waals surface area contributed by atoms with Gasteiger partial charge in [-0.15, -0.1) is 0 Å². The number of rotatable bonds is 3. The smallest absolute Gasteiger partial charge is 0.171 e. The van der Waals surface area contributed by atoms with Crippen LogP contribution in [0.4, 0.5) is 5.69 Å². The molecule has 0 radical (unpaired) electrons. The van der Waals surface area contributed by atoms with Crippen LogP contribution in [0.5, 0.6) is 0 Å². The molecule has 4 rings (SSSR count). The summed E-state index contributed by atoms with van der Waals surface area (Å²) in [6.07, 6.45) is 4.44. The number of anilines is 1. The van der Waals surface area contributed by atoms with E-state index in [1.165, 1.54) is 0 Å². The molecule has 1 atom stereocenters. The minimum atomic E-state index is -0.475. The van der Waals surface area contributed by atoms with Crippen LogP contribution in [-0.4, -0.2) is 39.4 Å². The van der Waals surface area contributed by atoms with Gasteiger partial charge >= 0.3 is 0 Å². The molecule has 1 aliphatic rings. The molecule has 28 heavy (non-hydrogen) atoms. The number of carbonyl (C=O) groups excluding carboxylic acids is 1. The predicted octanol–water partition coefficient (Wildman–Crippen LogP) is 3.78. The number of benzene rings is 1. The largest absolute Gasteiger partial charge is 0.370 e. The number of aromatic amines is 1. The maximum absolute atomic E-state index is 12.8. The molecule has 1 unspecified atom stereocenters. The summed E-state index contributed by atoms with van der Waals surface area (Å²) in [5.74, 6) is 0.0539. The van der Waals surface area contributed by atoms with Crippen LogP contribution in [0.25, 0.3) is 22.4 Å². The van der Waals surface area contributed by atoms with Gasteiger partial charge in [0.25, 0.3) is 0 Å². The van der Waals surface area contributed by atoms with Gasteiger partial charge in [-0.2, -0.15) is 0 Å². The van der Waals surface area contributed by atoms with Crippen molar-refractivity contribution in [1.29, 1.82) is 0 Å². The van der Waals surface area contributed by atoms with Gasteiger partial charge in [0.15, 0.2) is 11.4 Å². The van der Waals surface area contributed by atoms with Crippen LogP contribution in [0, 0.1) is 5.41 Å². The molecule has 0 saturated carbocycles. The third kappa shape index (κ3) is 3.40. The van der Waals surface area contributed by atoms with Gasteiger partial charge in [0.2, 0.25) is 0 Å². The fourth-order valence-corrected chi connectivity index (χ4v) is 3.67. The van der Waals surface area contributed by atoms with Gasteiger partial charge in [0, 0.05) is 41.5 Å². The molecule has 0 bridgehead atoms. The molecule has 146 valence electrons. The van der Waals surface area contributed by atoms with Crippen molar-refractivity contribution in [3.63, 3.8) is 0 Å². The Morgan fingerprint density at radius 2 is 2.11 bits per heavy atom. The highest BCUT2D eigenvalue weighted by Crippen LogP contribution is 2.30. The first-order chi connectivity index (χ1) is 13.1. The first-order valence-corrected chi connectivity index (χ1v) is 9.67. The van der Waals surface area contributed by atoms with Gasteiger partial charge in [-0.25, -0.2) is 9.97 Å². The monoisotopic (exact) mass is 377 g/mol. The standard InChI is InChI=1S/C22H27N5O/c1-21(2,3)19(28)16-11-24-20-18(16)26-17(12-25-20)14-6-5-7-15(10-14)27-9-8-22(4,23)13-27/h5-7,10-12H,8-9,13,23H2,1-4H3,(H,24,25). The highest BCUT2D eigenvalue weighted by molar-refractivity contribution is 6.08. The summed E-state index contributed by atoms with van der Waals surface area (Å²) in [5.41, 5.74) is 10.4. The zero-order chi connectivity index (χ0) is 20.1. The number of Topliss-reactive ketones (excluding diaryl/α,β-unsaturated/α-hetero) is 1. The normalized spacial score (nSPS) is 20.1. The molecule has 1 saturated heterocycles. The number of nitrogens with two attached hydrogens (primary N) is 1. The van der Waals surface area contributed by atoms with E-state index >= 15 is 0 Å². The van der Waals surface area contributed by atoms with Gasteiger partial charge in [-0.3, -0.25) is 4.79 Å². The van der Waals surface area contributed by atoms with Crippen molar-refractivity contribution >= 4 is 22.6 Å². The SMILES string of the molecule is CC1(N)CCN(c2cccc(-c3cnc4[nH]cc(C(=O)C(C)(C)C)c4n3)c2)C1. The van der Waals surface area contributed by atoms with E-state index in [0.717, 1.165) is 36.5 Å². The van der Waals surface area contributed by atoms with E-state index in [0.29, 0.717) is 16.7 Å². The average Bonchev–Trinajstić information content (AvgIpc) is 3.22. The van der Waals surface area contributed by atoms with E-state index in [-0.39, 0.29) is 11.3 Å². The second-order valence-electron chi connectivity index (χ2n) is 9.11. The third-order valence-electron chi connectivity index (χ3n) is 5.32. The number of H-pyrrole nitrogens is 1. The van der Waals surface area contributed by atoms with Crippen LogP contribution in [0.2, 0.25) is 0 Å². The molecule has 0 amide bonds. The Balaban J connectivity index is 1.72. The highest BCUT2D eigenvalue weighted by atomic mass is 16.1. The third-order valence-corrected chi connectivity index (χ3v) is 5.32. The lowest BCUT2D eigenvalue weighted by Crippen LogP contribution is -2.39. The second-order valence-corrected chi connectivity index (χ2v) is 9.11. The van der Waals surface area contributed by atoms with E-state index in [4.69, 9.17) is 10.7 Å². The van der Waals surface area contributed by atoms with Crippen LogP contribution in [0.15, 0.2) is 36.7 Å². The van der Waals surface area contributed by atoms with Crippen molar-refractivity contribution in [3.8, 4) is 11.3 Å². The lowest BCUT2D eigenvalue weighted by molar-refractivity contribution is 0.0860. The molecule has 1 aromatic carbocycles. The minimum Gasteiger partial charge on any atom is -0.370 e. The number of hydrogen-bond acceptors (Lipinski definition) is 5. The summed E-state index contributed by atoms with van der Waals surface area (Å²) < 4.78 is 0. The molecule has 3 N–H and O–H groups in total. The lowest BCUT2D eigenvalue weighted by Gasteiger charge is -2.22. The van der Waals surface area contributed by atoms with E-state index in [1.54, 1.807) is 12.4 Å². The maximum atomic E-state index is 12.8. The molecule has 1 fully saturated rings. The van der Waals surface area contributed by atoms with E-state index in [1.807, 2.05) is 32.9 Å². The zero-order valence-corrected chi connectivity index (χ0v) is 16.9. The van der Waals surface area contributed by atoms with Crippen LogP contribution < -0.4 is 10.6 Å². The first kappa shape index (κ1) is 18.6. The van der Waals surface area contributed by atoms with E-state index < -0.39 is 5.41 Å². The van der Waals surface area contributed by atoms with Crippen LogP contribution >= 0.6 is 0 Å². The molecule has 0 aliphatic carbocycles. The molecular weight excluding hydrogens is 350 g/mol. The van der Waals surface area contributed by atoms with Crippen molar-refractivity contribution in [2.75, 3.05) is 18.0 Å². The molecule has 0 spiro atoms. The molecule has 3 aromatic rings. The Kier molecular flexibility index (Phi) is 4.27. The van der Waals surface area contributed by atoms with Crippen molar-refractivity contribution < 1.29 is 4.79 Å². The Morgan fingerprint density at radius 3 is 2.79 bits per heavy atom. The Hall–Kier alpha value is -2.73. The molecular formula is C22H27N5O. The van der Waals surface area contributed by atoms with E-state index in [2.05, 4.69) is 33.9 Å². The Labute approximate surface area is 165 Å². The topological polar surface area (TPSA) is 87.9 Å². The van der Waals surface area contributed by atoms with Crippen molar-refractivity contribution in [1.82, 2.24) is 15.0 Å². The van der Waals surface area contributed by atoms with Crippen LogP contribution in [0.1, 0.15) is 44.5 Å². The molecule has 6 nitrogen and oxygen atoms in total. The van der Waals surface area contributed by atoms with Crippen molar-refractivity contribution in [2.24, 2.45) is 11.1 Å². The number of fused-ring (bicyclic) bond motifs is 1. The average molecular weight is 377 g/mol. The van der Waals surface area contributed by atoms with Crippen molar-refractivity contribution in [2.45, 2.75) is 39.7 Å². The molecule has 3 heterocycles. The summed E-state index contributed by atoms with van der Waals surface area (Å²) in [6, 6.07) is 8.27. The summed E-state index contributed by atoms with van der Waals surface area (Å²) in [6.45, 7) is 9.62. The Bertz CT molecular complexity index is 1040. The zero-order valence-electron chi connectivity index (χ0n) is 16.9. The second kappa shape index (κ2) is 6.41. The summed E-state index contributed by atoms with van der Waals surface area (Å²) in [4.78, 5) is 27.4. The predicted molar refractivity (Wildman–Crippen MR) is 113 cm³/mol. The summed E-state index contributed by atoms with van der Waals surface area (Å²) in [7, 11) is 0. The van der Waals surface area contributed by atoms with Crippen LogP contribution in [-0.2, 0) is 0 Å². The lowest BCUT2D eigenvalue weighted by atomic mass is 9.87. The number of nitrogens with one attached hydrogen (secondary N) is 1. The molecule has 6 heteroatoms. The number of nitrogens with zero attached hydrogens (tertiary/aromatic N) is 3. The molecule has 2 aromatic heterocycles. The summed E-state index contributed by atoms with van der Waals surface area (Å²) >= 11 is 0. The number of ketones is 1. The minimum absolute atomic E-state index is 0.0539.